The molecule has 42 heavy (non-hydrogen) atoms. The van der Waals surface area contributed by atoms with Crippen molar-refractivity contribution in [3.63, 3.8) is 0 Å². The maximum atomic E-state index is 11.7. The number of carbonyl (C=O) groups is 1. The van der Waals surface area contributed by atoms with Crippen LogP contribution in [0.2, 0.25) is 0 Å². The predicted octanol–water partition coefficient (Wildman–Crippen LogP) is 7.08. The lowest BCUT2D eigenvalue weighted by Crippen LogP contribution is -2.33. The predicted molar refractivity (Wildman–Crippen MR) is 166 cm³/mol. The molecule has 0 bridgehead atoms. The summed E-state index contributed by atoms with van der Waals surface area (Å²) in [4.78, 5) is 11.7. The summed E-state index contributed by atoms with van der Waals surface area (Å²) in [5, 5.41) is 31.6. The van der Waals surface area contributed by atoms with Crippen molar-refractivity contribution in [1.29, 1.82) is 0 Å². The Hall–Kier alpha value is -0.990. The number of hydrogen-bond donors (Lipinski definition) is 3. The summed E-state index contributed by atoms with van der Waals surface area (Å²) < 4.78 is 17.6. The van der Waals surface area contributed by atoms with Crippen LogP contribution in [-0.4, -0.2) is 70.1 Å². The van der Waals surface area contributed by atoms with Crippen molar-refractivity contribution < 1.29 is 34.3 Å². The highest BCUT2D eigenvalue weighted by Crippen LogP contribution is 2.34. The molecule has 0 aliphatic carbocycles. The Morgan fingerprint density at radius 2 is 1.14 bits per heavy atom. The maximum absolute atomic E-state index is 11.7. The third kappa shape index (κ3) is 12.9. The van der Waals surface area contributed by atoms with Crippen molar-refractivity contribution in [3.8, 4) is 0 Å². The van der Waals surface area contributed by atoms with Crippen LogP contribution in [0.4, 0.5) is 0 Å². The second-order valence-electron chi connectivity index (χ2n) is 13.3. The maximum Gasteiger partial charge on any atom is 0.334 e. The molecule has 0 aromatic rings. The van der Waals surface area contributed by atoms with Crippen LogP contribution in [0.5, 0.6) is 0 Å². The van der Waals surface area contributed by atoms with E-state index >= 15 is 0 Å². The van der Waals surface area contributed by atoms with Gasteiger partial charge in [-0.15, -0.1) is 0 Å². The van der Waals surface area contributed by atoms with Crippen LogP contribution in [0.3, 0.4) is 0 Å². The summed E-state index contributed by atoms with van der Waals surface area (Å²) in [5.41, 5.74) is 0.606. The van der Waals surface area contributed by atoms with Gasteiger partial charge in [0.05, 0.1) is 42.7 Å². The Labute approximate surface area is 255 Å². The number of cyclic esters (lactones) is 1. The second-order valence-corrected chi connectivity index (χ2v) is 13.3. The van der Waals surface area contributed by atoms with E-state index in [1.54, 1.807) is 6.08 Å². The Morgan fingerprint density at radius 1 is 0.690 bits per heavy atom. The molecule has 8 atom stereocenters. The Bertz CT molecular complexity index is 770. The van der Waals surface area contributed by atoms with Crippen LogP contribution in [0, 0.1) is 0 Å². The van der Waals surface area contributed by atoms with Gasteiger partial charge in [0, 0.05) is 12.0 Å². The molecule has 3 rings (SSSR count). The van der Waals surface area contributed by atoms with E-state index in [0.29, 0.717) is 18.4 Å². The summed E-state index contributed by atoms with van der Waals surface area (Å²) in [6.45, 7) is 4.08. The van der Waals surface area contributed by atoms with E-state index in [1.807, 2.05) is 6.92 Å². The molecule has 2 fully saturated rings. The van der Waals surface area contributed by atoms with Gasteiger partial charge in [0.25, 0.3) is 0 Å². The first-order valence-corrected chi connectivity index (χ1v) is 17.6. The summed E-state index contributed by atoms with van der Waals surface area (Å²) in [5.74, 6) is -0.290. The average Bonchev–Trinajstić information content (AvgIpc) is 3.72. The second kappa shape index (κ2) is 20.1. The van der Waals surface area contributed by atoms with Gasteiger partial charge >= 0.3 is 5.97 Å². The molecule has 3 aliphatic rings. The first kappa shape index (κ1) is 35.5. The number of aliphatic hydroxyl groups excluding tert-OH is 3. The van der Waals surface area contributed by atoms with Gasteiger partial charge in [0.2, 0.25) is 0 Å². The lowest BCUT2D eigenvalue weighted by molar-refractivity contribution is -0.139. The average molecular weight is 595 g/mol. The van der Waals surface area contributed by atoms with E-state index in [-0.39, 0.29) is 42.6 Å². The molecule has 0 aromatic carbocycles. The van der Waals surface area contributed by atoms with Crippen LogP contribution >= 0.6 is 0 Å². The van der Waals surface area contributed by atoms with Crippen LogP contribution in [0.15, 0.2) is 11.6 Å². The fourth-order valence-corrected chi connectivity index (χ4v) is 6.93. The molecule has 7 heteroatoms. The minimum Gasteiger partial charge on any atom is -0.455 e. The lowest BCUT2D eigenvalue weighted by Gasteiger charge is -2.24. The highest BCUT2D eigenvalue weighted by Gasteiger charge is 2.40. The molecule has 0 aromatic heterocycles. The fourth-order valence-electron chi connectivity index (χ4n) is 6.93. The topological polar surface area (TPSA) is 105 Å². The molecule has 3 N–H and O–H groups in total. The van der Waals surface area contributed by atoms with Crippen molar-refractivity contribution in [3.05, 3.63) is 11.6 Å². The van der Waals surface area contributed by atoms with Crippen molar-refractivity contribution in [1.82, 2.24) is 0 Å². The highest BCUT2D eigenvalue weighted by atomic mass is 16.6. The molecule has 0 amide bonds. The first-order valence-electron chi connectivity index (χ1n) is 17.6. The Kier molecular flexibility index (Phi) is 17.0. The normalized spacial score (nSPS) is 28.2. The Morgan fingerprint density at radius 3 is 1.60 bits per heavy atom. The standard InChI is InChI=1S/C35H62O7/c1-3-4-5-6-7-8-12-15-18-29(37)31-20-22-33(41-31)34-23-21-32(42-34)30(38)19-16-13-10-9-11-14-17-28(36)25-27-24-26(2)40-35(27)39/h24,26,28-34,36-38H,3-23,25H2,1-2H3/t26-,28-,29-,30+,31+,32+,33+,34+/m0/s1. The number of aliphatic hydroxyl groups is 3. The van der Waals surface area contributed by atoms with Gasteiger partial charge in [-0.3, -0.25) is 0 Å². The van der Waals surface area contributed by atoms with Crippen LogP contribution in [0.1, 0.15) is 155 Å². The van der Waals surface area contributed by atoms with Crippen molar-refractivity contribution in [2.45, 2.75) is 204 Å². The number of unbranched alkanes of at least 4 members (excludes halogenated alkanes) is 12. The van der Waals surface area contributed by atoms with Crippen molar-refractivity contribution in [2.75, 3.05) is 0 Å². The summed E-state index contributed by atoms with van der Waals surface area (Å²) >= 11 is 0. The quantitative estimate of drug-likeness (QED) is 0.0858. The molecule has 3 aliphatic heterocycles. The van der Waals surface area contributed by atoms with Crippen LogP contribution < -0.4 is 0 Å². The number of hydrogen-bond acceptors (Lipinski definition) is 7. The number of esters is 1. The molecule has 7 nitrogen and oxygen atoms in total. The number of carbonyl (C=O) groups excluding carboxylic acids is 1. The monoisotopic (exact) mass is 594 g/mol. The molecular formula is C35H62O7. The summed E-state index contributed by atoms with van der Waals surface area (Å²) in [6, 6.07) is 0. The van der Waals surface area contributed by atoms with Gasteiger partial charge in [0.1, 0.15) is 6.10 Å². The molecule has 0 saturated carbocycles. The van der Waals surface area contributed by atoms with E-state index < -0.39 is 12.2 Å². The van der Waals surface area contributed by atoms with Crippen molar-refractivity contribution >= 4 is 5.97 Å². The van der Waals surface area contributed by atoms with Crippen LogP contribution in [-0.2, 0) is 19.0 Å². The molecule has 2 saturated heterocycles. The fraction of sp³-hybridized carbons (Fsp3) is 0.914. The minimum atomic E-state index is -0.482. The number of ether oxygens (including phenoxy) is 3. The van der Waals surface area contributed by atoms with E-state index in [9.17, 15) is 20.1 Å². The molecule has 0 radical (unpaired) electrons. The smallest absolute Gasteiger partial charge is 0.334 e. The highest BCUT2D eigenvalue weighted by molar-refractivity contribution is 5.90. The number of rotatable bonds is 23. The molecule has 244 valence electrons. The van der Waals surface area contributed by atoms with E-state index in [0.717, 1.165) is 83.5 Å². The van der Waals surface area contributed by atoms with Gasteiger partial charge in [-0.2, -0.15) is 0 Å². The molecule has 0 unspecified atom stereocenters. The van der Waals surface area contributed by atoms with E-state index in [1.165, 1.54) is 44.9 Å². The van der Waals surface area contributed by atoms with Gasteiger partial charge in [0.15, 0.2) is 0 Å². The minimum absolute atomic E-state index is 0.0410. The van der Waals surface area contributed by atoms with Gasteiger partial charge in [-0.05, 0) is 57.9 Å². The lowest BCUT2D eigenvalue weighted by atomic mass is 10.00. The summed E-state index contributed by atoms with van der Waals surface area (Å²) in [6.07, 6.45) is 23.2. The zero-order valence-corrected chi connectivity index (χ0v) is 26.7. The molecule has 0 spiro atoms. The van der Waals surface area contributed by atoms with Gasteiger partial charge < -0.3 is 29.5 Å². The summed E-state index contributed by atoms with van der Waals surface area (Å²) in [7, 11) is 0. The SMILES string of the molecule is CCCCCCCCCC[C@H](O)[C@H]1CC[C@H]([C@H]2CC[C@H]([C@H](O)CCCCCCCC[C@H](O)CC3=C[C@H](C)OC3=O)O2)O1. The van der Waals surface area contributed by atoms with E-state index in [2.05, 4.69) is 6.92 Å². The zero-order chi connectivity index (χ0) is 30.2. The Balaban J connectivity index is 1.16. The third-order valence-corrected chi connectivity index (χ3v) is 9.53. The van der Waals surface area contributed by atoms with Gasteiger partial charge in [-0.25, -0.2) is 4.79 Å². The van der Waals surface area contributed by atoms with Crippen molar-refractivity contribution in [2.24, 2.45) is 0 Å². The molecular weight excluding hydrogens is 532 g/mol. The molecule has 3 heterocycles. The van der Waals surface area contributed by atoms with E-state index in [4.69, 9.17) is 14.2 Å². The zero-order valence-electron chi connectivity index (χ0n) is 26.7. The van der Waals surface area contributed by atoms with Gasteiger partial charge in [-0.1, -0.05) is 96.8 Å². The van der Waals surface area contributed by atoms with Crippen LogP contribution in [0.25, 0.3) is 0 Å². The first-order chi connectivity index (χ1) is 20.4. The third-order valence-electron chi connectivity index (χ3n) is 9.53. The largest absolute Gasteiger partial charge is 0.455 e.